The Labute approximate surface area is 133 Å². The maximum Gasteiger partial charge on any atom is 0.325 e. The smallest absolute Gasteiger partial charge is 0.325 e. The van der Waals surface area contributed by atoms with Gasteiger partial charge >= 0.3 is 6.03 Å². The maximum absolute atomic E-state index is 12.6. The van der Waals surface area contributed by atoms with Crippen molar-refractivity contribution in [3.63, 3.8) is 0 Å². The van der Waals surface area contributed by atoms with Crippen molar-refractivity contribution in [2.75, 3.05) is 19.8 Å². The lowest BCUT2D eigenvalue weighted by Crippen LogP contribution is -2.41. The first-order valence-electron chi connectivity index (χ1n) is 7.33. The summed E-state index contributed by atoms with van der Waals surface area (Å²) in [5.74, 6) is -0.407. The maximum atomic E-state index is 12.6. The molecule has 5 nitrogen and oxygen atoms in total. The van der Waals surface area contributed by atoms with E-state index in [4.69, 9.17) is 4.74 Å². The van der Waals surface area contributed by atoms with Crippen LogP contribution in [0.4, 0.5) is 13.6 Å². The fraction of sp³-hybridized carbons (Fsp3) is 0.500. The topological polar surface area (TPSA) is 58.6 Å². The van der Waals surface area contributed by atoms with Crippen molar-refractivity contribution in [1.82, 2.24) is 10.2 Å². The van der Waals surface area contributed by atoms with Gasteiger partial charge in [0.05, 0.1) is 13.2 Å². The largest absolute Gasteiger partial charge is 0.374 e. The quantitative estimate of drug-likeness (QED) is 0.645. The molecule has 7 heteroatoms. The number of hydrogen-bond acceptors (Lipinski definition) is 3. The number of carbonyl (C=O) groups excluding carboxylic acids is 2. The van der Waals surface area contributed by atoms with Gasteiger partial charge in [-0.15, -0.1) is 0 Å². The number of rotatable bonds is 6. The molecule has 0 radical (unpaired) electrons. The van der Waals surface area contributed by atoms with Gasteiger partial charge in [0.1, 0.15) is 12.1 Å². The van der Waals surface area contributed by atoms with Gasteiger partial charge in [-0.3, -0.25) is 9.69 Å². The lowest BCUT2D eigenvalue weighted by Gasteiger charge is -2.24. The van der Waals surface area contributed by atoms with E-state index in [1.54, 1.807) is 6.92 Å². The Morgan fingerprint density at radius 1 is 1.30 bits per heavy atom. The number of carbonyl (C=O) groups is 2. The highest BCUT2D eigenvalue weighted by molar-refractivity contribution is 6.07. The first kappa shape index (κ1) is 17.3. The molecule has 0 unspecified atom stereocenters. The zero-order valence-electron chi connectivity index (χ0n) is 13.4. The van der Waals surface area contributed by atoms with E-state index in [9.17, 15) is 18.4 Å². The summed E-state index contributed by atoms with van der Waals surface area (Å²) in [7, 11) is 0. The molecule has 0 bridgehead atoms. The fourth-order valence-electron chi connectivity index (χ4n) is 2.79. The molecule has 0 aliphatic carbocycles. The molecule has 1 N–H and O–H groups in total. The molecule has 23 heavy (non-hydrogen) atoms. The molecular weight excluding hydrogens is 306 g/mol. The number of hydrogen-bond donors (Lipinski definition) is 1. The van der Waals surface area contributed by atoms with Crippen LogP contribution in [0.15, 0.2) is 18.2 Å². The number of nitrogens with zero attached hydrogens (tertiary/aromatic N) is 1. The Hall–Kier alpha value is -2.02. The van der Waals surface area contributed by atoms with E-state index in [0.717, 1.165) is 21.6 Å². The fourth-order valence-corrected chi connectivity index (χ4v) is 2.79. The summed E-state index contributed by atoms with van der Waals surface area (Å²) in [6.45, 7) is 4.58. The van der Waals surface area contributed by atoms with Gasteiger partial charge < -0.3 is 10.1 Å². The third kappa shape index (κ3) is 3.50. The van der Waals surface area contributed by atoms with E-state index in [1.165, 1.54) is 0 Å². The van der Waals surface area contributed by atoms with Crippen LogP contribution in [0, 0.1) is 13.8 Å². The minimum absolute atomic E-state index is 0.0577. The lowest BCUT2D eigenvalue weighted by atomic mass is 9.88. The van der Waals surface area contributed by atoms with Crippen molar-refractivity contribution >= 4 is 11.9 Å². The van der Waals surface area contributed by atoms with Gasteiger partial charge in [-0.05, 0) is 31.9 Å². The molecule has 1 aliphatic heterocycles. The zero-order valence-corrected chi connectivity index (χ0v) is 13.4. The van der Waals surface area contributed by atoms with Gasteiger partial charge in [0, 0.05) is 0 Å². The third-order valence-electron chi connectivity index (χ3n) is 3.90. The predicted octanol–water partition coefficient (Wildman–Crippen LogP) is 2.35. The number of nitrogens with one attached hydrogen (secondary N) is 1. The number of halogens is 2. The average Bonchev–Trinajstić information content (AvgIpc) is 2.66. The van der Waals surface area contributed by atoms with Gasteiger partial charge in [0.25, 0.3) is 12.3 Å². The van der Waals surface area contributed by atoms with Crippen LogP contribution in [0.1, 0.15) is 23.6 Å². The average molecular weight is 326 g/mol. The van der Waals surface area contributed by atoms with Crippen LogP contribution in [0.25, 0.3) is 0 Å². The van der Waals surface area contributed by atoms with E-state index in [0.29, 0.717) is 0 Å². The SMILES string of the molecule is Cc1ccc([C@@]2(C)NC(=O)N(CCOCC(F)F)C2=O)c(C)c1. The summed E-state index contributed by atoms with van der Waals surface area (Å²) in [5, 5.41) is 2.69. The van der Waals surface area contributed by atoms with Gasteiger partial charge in [-0.1, -0.05) is 23.8 Å². The molecule has 1 aromatic rings. The Morgan fingerprint density at radius 3 is 2.61 bits per heavy atom. The first-order valence-corrected chi connectivity index (χ1v) is 7.33. The van der Waals surface area contributed by atoms with Crippen LogP contribution < -0.4 is 5.32 Å². The summed E-state index contributed by atoms with van der Waals surface area (Å²) < 4.78 is 28.8. The molecule has 1 saturated heterocycles. The van der Waals surface area contributed by atoms with Crippen molar-refractivity contribution < 1.29 is 23.1 Å². The van der Waals surface area contributed by atoms with Crippen LogP contribution in [-0.2, 0) is 15.1 Å². The summed E-state index contributed by atoms with van der Waals surface area (Å²) in [6, 6.07) is 5.09. The highest BCUT2D eigenvalue weighted by atomic mass is 19.3. The second-order valence-corrected chi connectivity index (χ2v) is 5.80. The molecule has 1 heterocycles. The summed E-state index contributed by atoms with van der Waals surface area (Å²) in [5.41, 5.74) is 1.52. The van der Waals surface area contributed by atoms with Crippen LogP contribution in [0.5, 0.6) is 0 Å². The first-order chi connectivity index (χ1) is 10.8. The Balaban J connectivity index is 2.13. The Morgan fingerprint density at radius 2 is 2.00 bits per heavy atom. The number of urea groups is 1. The molecule has 0 aromatic heterocycles. The van der Waals surface area contributed by atoms with E-state index in [-0.39, 0.29) is 13.2 Å². The van der Waals surface area contributed by atoms with E-state index >= 15 is 0 Å². The van der Waals surface area contributed by atoms with Crippen LogP contribution >= 0.6 is 0 Å². The minimum atomic E-state index is -2.57. The van der Waals surface area contributed by atoms with Gasteiger partial charge in [-0.25, -0.2) is 13.6 Å². The van der Waals surface area contributed by atoms with E-state index < -0.39 is 30.5 Å². The van der Waals surface area contributed by atoms with Crippen LogP contribution in [0.3, 0.4) is 0 Å². The normalized spacial score (nSPS) is 21.2. The van der Waals surface area contributed by atoms with Gasteiger partial charge in [0.15, 0.2) is 0 Å². The van der Waals surface area contributed by atoms with E-state index in [1.807, 2.05) is 32.0 Å². The molecule has 1 fully saturated rings. The highest BCUT2D eigenvalue weighted by Gasteiger charge is 2.49. The predicted molar refractivity (Wildman–Crippen MR) is 80.3 cm³/mol. The Bertz CT molecular complexity index is 621. The summed E-state index contributed by atoms with van der Waals surface area (Å²) in [4.78, 5) is 25.7. The molecule has 126 valence electrons. The van der Waals surface area contributed by atoms with Crippen molar-refractivity contribution in [2.24, 2.45) is 0 Å². The van der Waals surface area contributed by atoms with Crippen LogP contribution in [0.2, 0.25) is 0 Å². The second kappa shape index (κ2) is 6.62. The molecule has 1 atom stereocenters. The van der Waals surface area contributed by atoms with Gasteiger partial charge in [0.2, 0.25) is 0 Å². The summed E-state index contributed by atoms with van der Waals surface area (Å²) in [6.07, 6.45) is -2.57. The van der Waals surface area contributed by atoms with Gasteiger partial charge in [-0.2, -0.15) is 0 Å². The zero-order chi connectivity index (χ0) is 17.2. The molecule has 1 aromatic carbocycles. The molecule has 1 aliphatic rings. The standard InChI is InChI=1S/C16H20F2N2O3/c1-10-4-5-12(11(2)8-10)16(3)14(21)20(15(22)19-16)6-7-23-9-13(17)18/h4-5,8,13H,6-7,9H2,1-3H3,(H,19,22)/t16-/m1/s1. The highest BCUT2D eigenvalue weighted by Crippen LogP contribution is 2.31. The number of amides is 3. The molecule has 3 amide bonds. The summed E-state index contributed by atoms with van der Waals surface area (Å²) >= 11 is 0. The number of ether oxygens (including phenoxy) is 1. The van der Waals surface area contributed by atoms with Crippen LogP contribution in [-0.4, -0.2) is 43.0 Å². The molecule has 0 saturated carbocycles. The van der Waals surface area contributed by atoms with Crippen molar-refractivity contribution in [3.8, 4) is 0 Å². The number of imide groups is 1. The van der Waals surface area contributed by atoms with Crippen molar-refractivity contribution in [2.45, 2.75) is 32.7 Å². The molecular formula is C16H20F2N2O3. The minimum Gasteiger partial charge on any atom is -0.374 e. The van der Waals surface area contributed by atoms with E-state index in [2.05, 4.69) is 5.32 Å². The molecule has 0 spiro atoms. The second-order valence-electron chi connectivity index (χ2n) is 5.80. The molecule has 2 rings (SSSR count). The monoisotopic (exact) mass is 326 g/mol. The lowest BCUT2D eigenvalue weighted by molar-refractivity contribution is -0.131. The Kier molecular flexibility index (Phi) is 4.99. The number of alkyl halides is 2. The number of benzene rings is 1. The third-order valence-corrected chi connectivity index (χ3v) is 3.90. The van der Waals surface area contributed by atoms with Crippen molar-refractivity contribution in [3.05, 3.63) is 34.9 Å². The number of aryl methyl sites for hydroxylation is 2. The van der Waals surface area contributed by atoms with Crippen molar-refractivity contribution in [1.29, 1.82) is 0 Å².